The molecule has 4 fully saturated rings. The van der Waals surface area contributed by atoms with E-state index in [1.165, 1.54) is 30.8 Å². The minimum atomic E-state index is -0.155. The van der Waals surface area contributed by atoms with Gasteiger partial charge < -0.3 is 29.4 Å². The lowest BCUT2D eigenvalue weighted by Crippen LogP contribution is -2.51. The van der Waals surface area contributed by atoms with E-state index in [9.17, 15) is 9.59 Å². The molecule has 2 saturated heterocycles. The molecule has 9 rings (SSSR count). The summed E-state index contributed by atoms with van der Waals surface area (Å²) in [7, 11) is 1.64. The average Bonchev–Trinajstić information content (AvgIpc) is 3.47. The average molecular weight is 656 g/mol. The van der Waals surface area contributed by atoms with Crippen molar-refractivity contribution in [2.75, 3.05) is 26.7 Å². The highest BCUT2D eigenvalue weighted by Crippen LogP contribution is 2.41. The topological polar surface area (TPSA) is 148 Å². The zero-order valence-electron chi connectivity index (χ0n) is 27.3. The lowest BCUT2D eigenvalue weighted by Gasteiger charge is -2.39. The summed E-state index contributed by atoms with van der Waals surface area (Å²) in [5.41, 5.74) is 11.1. The Bertz CT molecular complexity index is 2170. The highest BCUT2D eigenvalue weighted by atomic mass is 16.5. The number of ether oxygens (including phenoxy) is 1. The van der Waals surface area contributed by atoms with Crippen LogP contribution in [0.25, 0.3) is 33.5 Å². The van der Waals surface area contributed by atoms with Crippen LogP contribution in [-0.4, -0.2) is 84.5 Å². The van der Waals surface area contributed by atoms with Crippen LogP contribution in [0.5, 0.6) is 5.75 Å². The van der Waals surface area contributed by atoms with Crippen LogP contribution in [0.2, 0.25) is 0 Å². The maximum Gasteiger partial charge on any atom is 0.257 e. The number of fused-ring (bicyclic) bond motifs is 4. The second-order valence-corrected chi connectivity index (χ2v) is 14.2. The van der Waals surface area contributed by atoms with Crippen molar-refractivity contribution in [2.24, 2.45) is 23.5 Å². The van der Waals surface area contributed by atoms with Crippen LogP contribution in [0.4, 0.5) is 0 Å². The normalized spacial score (nSPS) is 21.8. The van der Waals surface area contributed by atoms with E-state index in [1.54, 1.807) is 12.0 Å². The number of amides is 2. The third-order valence-corrected chi connectivity index (χ3v) is 11.0. The largest absolute Gasteiger partial charge is 0.494 e. The summed E-state index contributed by atoms with van der Waals surface area (Å²) in [6, 6.07) is 16.4. The second kappa shape index (κ2) is 11.4. The van der Waals surface area contributed by atoms with Crippen molar-refractivity contribution in [3.05, 3.63) is 71.8 Å². The Hall–Kier alpha value is -5.28. The molecular formula is C37H37N9O3. The first-order chi connectivity index (χ1) is 23.9. The van der Waals surface area contributed by atoms with E-state index in [-0.39, 0.29) is 35.6 Å². The minimum Gasteiger partial charge on any atom is -0.494 e. The number of aromatic nitrogens is 5. The molecule has 3 unspecified atom stereocenters. The molecule has 49 heavy (non-hydrogen) atoms. The molecule has 3 aromatic heterocycles. The molecule has 3 atom stereocenters. The van der Waals surface area contributed by atoms with Gasteiger partial charge in [-0.15, -0.1) is 0 Å². The van der Waals surface area contributed by atoms with Crippen LogP contribution in [-0.2, 0) is 13.1 Å². The number of hydrogen-bond acceptors (Lipinski definition) is 8. The molecule has 2 saturated carbocycles. The Morgan fingerprint density at radius 2 is 1.71 bits per heavy atom. The Labute approximate surface area is 283 Å². The van der Waals surface area contributed by atoms with Gasteiger partial charge in [0.05, 0.1) is 23.9 Å². The van der Waals surface area contributed by atoms with Crippen LogP contribution in [0.3, 0.4) is 0 Å². The first-order valence-electron chi connectivity index (χ1n) is 17.1. The van der Waals surface area contributed by atoms with Gasteiger partial charge in [0.2, 0.25) is 5.82 Å². The number of likely N-dealkylation sites (tertiary alicyclic amines) is 2. The Balaban J connectivity index is 1.10. The molecule has 12 nitrogen and oxygen atoms in total. The van der Waals surface area contributed by atoms with Gasteiger partial charge in [-0.25, -0.2) is 15.0 Å². The monoisotopic (exact) mass is 655 g/mol. The van der Waals surface area contributed by atoms with Gasteiger partial charge in [-0.05, 0) is 61.8 Å². The standard InChI is InChI=1S/C37H37N9O3/c1-49-31-12-25(37(48)45-20-24-8-9-29(45)33(24)39)10-27-34(31)46(19-22-16-43(17-22)36(47)26-14-40-32(13-38)41-15-26)35(42-27)30-11-23-4-2-3-5-28(23)44(30)18-21-6-7-21/h2-5,10-12,14-15,21-22,24,29,33H,6-9,16-20,39H2,1H3. The van der Waals surface area contributed by atoms with Crippen LogP contribution >= 0.6 is 0 Å². The van der Waals surface area contributed by atoms with E-state index in [2.05, 4.69) is 49.4 Å². The summed E-state index contributed by atoms with van der Waals surface area (Å²) in [5, 5.41) is 10.2. The molecule has 5 heterocycles. The maximum atomic E-state index is 14.0. The van der Waals surface area contributed by atoms with Crippen LogP contribution < -0.4 is 10.5 Å². The number of methoxy groups -OCH3 is 1. The molecule has 0 spiro atoms. The number of piperidine rings is 1. The SMILES string of the molecule is COc1cc(C(=O)N2CC3CCC2C3N)cc2nc(-c3cc4ccccc4n3CC3CC3)n(CC3CN(C(=O)c4cnc(C#N)nc4)C3)c12. The predicted molar refractivity (Wildman–Crippen MR) is 182 cm³/mol. The number of nitrogens with two attached hydrogens (primary N) is 1. The number of carbonyl (C=O) groups is 2. The van der Waals surface area contributed by atoms with E-state index < -0.39 is 0 Å². The second-order valence-electron chi connectivity index (χ2n) is 14.2. The molecule has 12 heteroatoms. The molecule has 248 valence electrons. The first-order valence-corrected chi connectivity index (χ1v) is 17.1. The number of carbonyl (C=O) groups excluding carboxylic acids is 2. The van der Waals surface area contributed by atoms with Gasteiger partial charge in [0.1, 0.15) is 17.3 Å². The molecule has 0 radical (unpaired) electrons. The summed E-state index contributed by atoms with van der Waals surface area (Å²) >= 11 is 0. The first kappa shape index (κ1) is 29.8. The molecule has 2 aliphatic heterocycles. The van der Waals surface area contributed by atoms with Crippen LogP contribution in [0.15, 0.2) is 54.9 Å². The predicted octanol–water partition coefficient (Wildman–Crippen LogP) is 4.07. The molecule has 4 aliphatic rings. The number of imidazole rings is 1. The number of rotatable bonds is 8. The van der Waals surface area contributed by atoms with Crippen molar-refractivity contribution in [1.82, 2.24) is 33.9 Å². The number of nitriles is 1. The highest BCUT2D eigenvalue weighted by Gasteiger charge is 2.47. The van der Waals surface area contributed by atoms with Gasteiger partial charge in [-0.3, -0.25) is 9.59 Å². The summed E-state index contributed by atoms with van der Waals surface area (Å²) in [5.74, 6) is 2.43. The van der Waals surface area contributed by atoms with E-state index >= 15 is 0 Å². The van der Waals surface area contributed by atoms with Crippen LogP contribution in [0, 0.1) is 29.1 Å². The smallest absolute Gasteiger partial charge is 0.257 e. The number of hydrogen-bond donors (Lipinski definition) is 1. The van der Waals surface area contributed by atoms with Crippen molar-refractivity contribution >= 4 is 33.8 Å². The zero-order valence-corrected chi connectivity index (χ0v) is 27.3. The lowest BCUT2D eigenvalue weighted by atomic mass is 9.98. The quantitative estimate of drug-likeness (QED) is 0.263. The third-order valence-electron chi connectivity index (χ3n) is 11.0. The van der Waals surface area contributed by atoms with Gasteiger partial charge in [0, 0.05) is 79.6 Å². The van der Waals surface area contributed by atoms with Crippen molar-refractivity contribution in [1.29, 1.82) is 5.26 Å². The summed E-state index contributed by atoms with van der Waals surface area (Å²) in [6.07, 6.45) is 7.28. The van der Waals surface area contributed by atoms with Crippen molar-refractivity contribution in [2.45, 2.75) is 50.9 Å². The molecule has 2 amide bonds. The fraction of sp³-hybridized carbons (Fsp3) is 0.405. The fourth-order valence-corrected chi connectivity index (χ4v) is 8.27. The van der Waals surface area contributed by atoms with E-state index in [4.69, 9.17) is 20.7 Å². The van der Waals surface area contributed by atoms with E-state index in [0.29, 0.717) is 60.4 Å². The highest BCUT2D eigenvalue weighted by molar-refractivity contribution is 6.01. The van der Waals surface area contributed by atoms with Crippen molar-refractivity contribution in [3.8, 4) is 23.3 Å². The van der Waals surface area contributed by atoms with Crippen molar-refractivity contribution in [3.63, 3.8) is 0 Å². The Morgan fingerprint density at radius 3 is 2.41 bits per heavy atom. The Morgan fingerprint density at radius 1 is 0.939 bits per heavy atom. The number of para-hydroxylation sites is 1. The maximum absolute atomic E-state index is 14.0. The lowest BCUT2D eigenvalue weighted by molar-refractivity contribution is 0.0470. The number of benzene rings is 2. The fourth-order valence-electron chi connectivity index (χ4n) is 8.27. The van der Waals surface area contributed by atoms with Gasteiger partial charge in [-0.1, -0.05) is 18.2 Å². The summed E-state index contributed by atoms with van der Waals surface area (Å²) in [6.45, 7) is 3.33. The molecule has 2 N–H and O–H groups in total. The minimum absolute atomic E-state index is 0.0262. The van der Waals surface area contributed by atoms with Gasteiger partial charge >= 0.3 is 0 Å². The number of nitrogens with zero attached hydrogens (tertiary/aromatic N) is 8. The van der Waals surface area contributed by atoms with Crippen molar-refractivity contribution < 1.29 is 14.3 Å². The third kappa shape index (κ3) is 4.94. The molecule has 5 aromatic rings. The van der Waals surface area contributed by atoms with Gasteiger partial charge in [-0.2, -0.15) is 5.26 Å². The summed E-state index contributed by atoms with van der Waals surface area (Å²) in [4.78, 5) is 44.1. The van der Waals surface area contributed by atoms with Gasteiger partial charge in [0.25, 0.3) is 11.8 Å². The van der Waals surface area contributed by atoms with Gasteiger partial charge in [0.15, 0.2) is 5.82 Å². The molecule has 2 aromatic carbocycles. The molecular weight excluding hydrogens is 618 g/mol. The summed E-state index contributed by atoms with van der Waals surface area (Å²) < 4.78 is 10.6. The Kier molecular flexibility index (Phi) is 6.95. The molecule has 2 aliphatic carbocycles. The molecule has 2 bridgehead atoms. The zero-order chi connectivity index (χ0) is 33.4. The van der Waals surface area contributed by atoms with E-state index in [1.807, 2.05) is 23.1 Å². The van der Waals surface area contributed by atoms with Crippen LogP contribution in [0.1, 0.15) is 52.2 Å². The van der Waals surface area contributed by atoms with E-state index in [0.717, 1.165) is 41.8 Å².